The molecule has 1 saturated heterocycles. The van der Waals surface area contributed by atoms with Crippen LogP contribution in [0.4, 0.5) is 0 Å². The summed E-state index contributed by atoms with van der Waals surface area (Å²) in [5, 5.41) is 0.559. The summed E-state index contributed by atoms with van der Waals surface area (Å²) in [4.78, 5) is 27.1. The molecule has 0 radical (unpaired) electrons. The van der Waals surface area contributed by atoms with Gasteiger partial charge in [-0.15, -0.1) is 0 Å². The Morgan fingerprint density at radius 1 is 1.07 bits per heavy atom. The monoisotopic (exact) mass is 401 g/mol. The number of amides is 1. The zero-order valence-electron chi connectivity index (χ0n) is 16.1. The molecule has 148 valence electrons. The fourth-order valence-corrected chi connectivity index (χ4v) is 3.32. The number of aryl methyl sites for hydroxylation is 1. The highest BCUT2D eigenvalue weighted by Gasteiger charge is 2.31. The Balaban J connectivity index is 1.77. The Morgan fingerprint density at radius 3 is 2.39 bits per heavy atom. The van der Waals surface area contributed by atoms with Crippen LogP contribution in [0.5, 0.6) is 5.75 Å². The van der Waals surface area contributed by atoms with Crippen LogP contribution >= 0.6 is 11.6 Å². The second kappa shape index (κ2) is 9.11. The molecule has 6 heteroatoms. The van der Waals surface area contributed by atoms with E-state index in [2.05, 4.69) is 0 Å². The summed E-state index contributed by atoms with van der Waals surface area (Å²) in [6, 6.07) is 14.2. The van der Waals surface area contributed by atoms with Gasteiger partial charge in [0, 0.05) is 23.7 Å². The SMILES string of the molecule is Cc1cccc(O[C@@H](C(=O)OC(C)C(=O)N2CCCC2)c2ccc(Cl)cc2)c1. The van der Waals surface area contributed by atoms with E-state index in [1.807, 2.05) is 25.1 Å². The maximum absolute atomic E-state index is 12.9. The molecule has 0 spiro atoms. The molecule has 0 aromatic heterocycles. The van der Waals surface area contributed by atoms with Crippen LogP contribution in [0, 0.1) is 6.92 Å². The van der Waals surface area contributed by atoms with Gasteiger partial charge in [0.1, 0.15) is 5.75 Å². The van der Waals surface area contributed by atoms with Crippen molar-refractivity contribution in [3.8, 4) is 5.75 Å². The summed E-state index contributed by atoms with van der Waals surface area (Å²) in [5.74, 6) is -0.226. The summed E-state index contributed by atoms with van der Waals surface area (Å²) < 4.78 is 11.4. The third kappa shape index (κ3) is 5.04. The van der Waals surface area contributed by atoms with Crippen molar-refractivity contribution in [3.63, 3.8) is 0 Å². The van der Waals surface area contributed by atoms with Crippen LogP contribution in [0.25, 0.3) is 0 Å². The first kappa shape index (κ1) is 20.2. The number of likely N-dealkylation sites (tertiary alicyclic amines) is 1. The minimum absolute atomic E-state index is 0.170. The van der Waals surface area contributed by atoms with Gasteiger partial charge < -0.3 is 14.4 Å². The number of benzene rings is 2. The highest BCUT2D eigenvalue weighted by molar-refractivity contribution is 6.30. The highest BCUT2D eigenvalue weighted by Crippen LogP contribution is 2.26. The molecule has 0 aliphatic carbocycles. The van der Waals surface area contributed by atoms with Gasteiger partial charge in [-0.05, 0) is 56.5 Å². The minimum atomic E-state index is -0.993. The number of carbonyl (C=O) groups is 2. The Morgan fingerprint density at radius 2 is 1.75 bits per heavy atom. The Labute approximate surface area is 170 Å². The maximum Gasteiger partial charge on any atom is 0.352 e. The van der Waals surface area contributed by atoms with Crippen molar-refractivity contribution >= 4 is 23.5 Å². The third-order valence-electron chi connectivity index (χ3n) is 4.69. The Bertz CT molecular complexity index is 831. The molecule has 1 aliphatic rings. The predicted octanol–water partition coefficient (Wildman–Crippen LogP) is 4.32. The van der Waals surface area contributed by atoms with Crippen LogP contribution in [0.1, 0.15) is 37.0 Å². The van der Waals surface area contributed by atoms with E-state index in [4.69, 9.17) is 21.1 Å². The Kier molecular flexibility index (Phi) is 6.57. The fraction of sp³-hybridized carbons (Fsp3) is 0.364. The first-order chi connectivity index (χ1) is 13.4. The zero-order valence-corrected chi connectivity index (χ0v) is 16.8. The average Bonchev–Trinajstić information content (AvgIpc) is 3.21. The topological polar surface area (TPSA) is 55.8 Å². The van der Waals surface area contributed by atoms with Gasteiger partial charge >= 0.3 is 5.97 Å². The fourth-order valence-electron chi connectivity index (χ4n) is 3.20. The van der Waals surface area contributed by atoms with Gasteiger partial charge in [-0.1, -0.05) is 35.9 Å². The predicted molar refractivity (Wildman–Crippen MR) is 107 cm³/mol. The molecule has 5 nitrogen and oxygen atoms in total. The smallest absolute Gasteiger partial charge is 0.352 e. The highest BCUT2D eigenvalue weighted by atomic mass is 35.5. The molecule has 3 rings (SSSR count). The molecular weight excluding hydrogens is 378 g/mol. The van der Waals surface area contributed by atoms with Gasteiger partial charge in [0.25, 0.3) is 5.91 Å². The molecule has 1 fully saturated rings. The summed E-state index contributed by atoms with van der Waals surface area (Å²) in [5.41, 5.74) is 1.62. The van der Waals surface area contributed by atoms with E-state index in [1.165, 1.54) is 0 Å². The molecule has 1 aliphatic heterocycles. The van der Waals surface area contributed by atoms with Gasteiger partial charge in [0.15, 0.2) is 6.10 Å². The zero-order chi connectivity index (χ0) is 20.1. The van der Waals surface area contributed by atoms with Crippen molar-refractivity contribution in [2.24, 2.45) is 0 Å². The van der Waals surface area contributed by atoms with Crippen molar-refractivity contribution in [3.05, 3.63) is 64.7 Å². The molecule has 2 atom stereocenters. The van der Waals surface area contributed by atoms with Gasteiger partial charge in [-0.25, -0.2) is 4.79 Å². The van der Waals surface area contributed by atoms with Crippen molar-refractivity contribution < 1.29 is 19.1 Å². The minimum Gasteiger partial charge on any atom is -0.474 e. The molecular formula is C22H24ClNO4. The van der Waals surface area contributed by atoms with Crippen LogP contribution < -0.4 is 4.74 Å². The number of hydrogen-bond donors (Lipinski definition) is 0. The lowest BCUT2D eigenvalue weighted by atomic mass is 10.1. The van der Waals surface area contributed by atoms with E-state index in [-0.39, 0.29) is 5.91 Å². The number of ether oxygens (including phenoxy) is 2. The van der Waals surface area contributed by atoms with Crippen LogP contribution in [0.15, 0.2) is 48.5 Å². The lowest BCUT2D eigenvalue weighted by molar-refractivity contribution is -0.164. The second-order valence-electron chi connectivity index (χ2n) is 6.98. The maximum atomic E-state index is 12.9. The van der Waals surface area contributed by atoms with Gasteiger partial charge in [-0.2, -0.15) is 0 Å². The molecule has 2 aromatic rings. The number of hydrogen-bond acceptors (Lipinski definition) is 4. The molecule has 1 amide bonds. The van der Waals surface area contributed by atoms with E-state index in [0.717, 1.165) is 18.4 Å². The van der Waals surface area contributed by atoms with E-state index in [1.54, 1.807) is 42.2 Å². The summed E-state index contributed by atoms with van der Waals surface area (Å²) in [7, 11) is 0. The molecule has 0 bridgehead atoms. The standard InChI is InChI=1S/C22H24ClNO4/c1-15-6-5-7-19(14-15)28-20(17-8-10-18(23)11-9-17)22(26)27-16(2)21(25)24-12-3-4-13-24/h5-11,14,16,20H,3-4,12-13H2,1-2H3/t16?,20-/m1/s1. The third-order valence-corrected chi connectivity index (χ3v) is 4.94. The number of halogens is 1. The Hall–Kier alpha value is -2.53. The number of carbonyl (C=O) groups excluding carboxylic acids is 2. The van der Waals surface area contributed by atoms with E-state index in [0.29, 0.717) is 29.4 Å². The van der Waals surface area contributed by atoms with E-state index >= 15 is 0 Å². The molecule has 2 aromatic carbocycles. The normalized spacial score (nSPS) is 15.8. The van der Waals surface area contributed by atoms with Crippen molar-refractivity contribution in [1.82, 2.24) is 4.90 Å². The molecule has 0 saturated carbocycles. The lowest BCUT2D eigenvalue weighted by Gasteiger charge is -2.23. The molecule has 1 unspecified atom stereocenters. The first-order valence-corrected chi connectivity index (χ1v) is 9.80. The first-order valence-electron chi connectivity index (χ1n) is 9.42. The second-order valence-corrected chi connectivity index (χ2v) is 7.41. The largest absolute Gasteiger partial charge is 0.474 e. The van der Waals surface area contributed by atoms with Crippen molar-refractivity contribution in [1.29, 1.82) is 0 Å². The van der Waals surface area contributed by atoms with E-state index in [9.17, 15) is 9.59 Å². The molecule has 28 heavy (non-hydrogen) atoms. The summed E-state index contributed by atoms with van der Waals surface area (Å²) in [6.07, 6.45) is 0.112. The van der Waals surface area contributed by atoms with Crippen molar-refractivity contribution in [2.75, 3.05) is 13.1 Å². The van der Waals surface area contributed by atoms with Crippen LogP contribution in [-0.4, -0.2) is 36.0 Å². The number of rotatable bonds is 6. The van der Waals surface area contributed by atoms with Crippen LogP contribution in [0.2, 0.25) is 5.02 Å². The lowest BCUT2D eigenvalue weighted by Crippen LogP contribution is -2.39. The summed E-state index contributed by atoms with van der Waals surface area (Å²) >= 11 is 5.97. The van der Waals surface area contributed by atoms with Crippen LogP contribution in [0.3, 0.4) is 0 Å². The van der Waals surface area contributed by atoms with Gasteiger partial charge in [-0.3, -0.25) is 4.79 Å². The van der Waals surface area contributed by atoms with E-state index < -0.39 is 18.2 Å². The van der Waals surface area contributed by atoms with Crippen LogP contribution in [-0.2, 0) is 14.3 Å². The van der Waals surface area contributed by atoms with Gasteiger partial charge in [0.2, 0.25) is 6.10 Å². The molecule has 1 heterocycles. The average molecular weight is 402 g/mol. The summed E-state index contributed by atoms with van der Waals surface area (Å²) in [6.45, 7) is 4.96. The van der Waals surface area contributed by atoms with Gasteiger partial charge in [0.05, 0.1) is 0 Å². The molecule has 0 N–H and O–H groups in total. The number of esters is 1. The number of nitrogens with zero attached hydrogens (tertiary/aromatic N) is 1. The van der Waals surface area contributed by atoms with Crippen molar-refractivity contribution in [2.45, 2.75) is 38.9 Å². The quantitative estimate of drug-likeness (QED) is 0.676.